The summed E-state index contributed by atoms with van der Waals surface area (Å²) in [5.74, 6) is 1.41. The third-order valence-electron chi connectivity index (χ3n) is 3.50. The van der Waals surface area contributed by atoms with Crippen molar-refractivity contribution in [2.75, 3.05) is 11.8 Å². The summed E-state index contributed by atoms with van der Waals surface area (Å²) in [6, 6.07) is 13.1. The summed E-state index contributed by atoms with van der Waals surface area (Å²) in [7, 11) is -2.25. The Balaban J connectivity index is 1.88. The number of nitrogens with zero attached hydrogens (tertiary/aromatic N) is 2. The molecule has 0 radical (unpaired) electrons. The van der Waals surface area contributed by atoms with Crippen molar-refractivity contribution < 1.29 is 17.7 Å². The van der Waals surface area contributed by atoms with Crippen molar-refractivity contribution in [1.29, 1.82) is 0 Å². The second kappa shape index (κ2) is 6.94. The molecular formula is C17H17N3O4S. The quantitative estimate of drug-likeness (QED) is 0.727. The third kappa shape index (κ3) is 3.80. The Kier molecular flexibility index (Phi) is 4.71. The normalized spacial score (nSPS) is 11.3. The highest BCUT2D eigenvalue weighted by atomic mass is 32.2. The van der Waals surface area contributed by atoms with Gasteiger partial charge in [0, 0.05) is 23.7 Å². The molecule has 0 aliphatic rings. The van der Waals surface area contributed by atoms with Crippen LogP contribution >= 0.6 is 0 Å². The number of aromatic nitrogens is 2. The summed E-state index contributed by atoms with van der Waals surface area (Å²) in [6.07, 6.45) is 0.634. The first-order valence-electron chi connectivity index (χ1n) is 7.61. The average Bonchev–Trinajstić information content (AvgIpc) is 3.11. The number of hydrogen-bond donors (Lipinski definition) is 1. The van der Waals surface area contributed by atoms with Crippen LogP contribution in [0.4, 0.5) is 5.69 Å². The summed E-state index contributed by atoms with van der Waals surface area (Å²) in [5, 5.41) is 3.90. The fourth-order valence-electron chi connectivity index (χ4n) is 2.22. The first-order valence-corrected chi connectivity index (χ1v) is 9.10. The summed E-state index contributed by atoms with van der Waals surface area (Å²) >= 11 is 0. The van der Waals surface area contributed by atoms with Gasteiger partial charge in [-0.25, -0.2) is 8.42 Å². The van der Waals surface area contributed by atoms with Gasteiger partial charge in [-0.2, -0.15) is 4.98 Å². The standard InChI is InChI=1S/C17H17N3O4S/c1-3-16-18-17(19-24-16)12-6-4-7-13(10-12)20-25(21,22)15-9-5-8-14(11-15)23-2/h4-11,20H,3H2,1-2H3. The largest absolute Gasteiger partial charge is 0.497 e. The molecule has 0 saturated carbocycles. The Morgan fingerprint density at radius 3 is 2.68 bits per heavy atom. The molecule has 3 rings (SSSR count). The van der Waals surface area contributed by atoms with Crippen molar-refractivity contribution in [3.8, 4) is 17.1 Å². The zero-order valence-electron chi connectivity index (χ0n) is 13.8. The van der Waals surface area contributed by atoms with Crippen molar-refractivity contribution in [2.24, 2.45) is 0 Å². The second-order valence-electron chi connectivity index (χ2n) is 5.23. The van der Waals surface area contributed by atoms with Gasteiger partial charge in [0.25, 0.3) is 10.0 Å². The Bertz CT molecular complexity index is 983. The number of anilines is 1. The summed E-state index contributed by atoms with van der Waals surface area (Å²) in [5.41, 5.74) is 1.07. The van der Waals surface area contributed by atoms with Crippen LogP contribution in [-0.2, 0) is 16.4 Å². The van der Waals surface area contributed by atoms with E-state index in [9.17, 15) is 8.42 Å². The van der Waals surface area contributed by atoms with Gasteiger partial charge in [0.15, 0.2) is 0 Å². The van der Waals surface area contributed by atoms with E-state index < -0.39 is 10.0 Å². The predicted octanol–water partition coefficient (Wildman–Crippen LogP) is 3.11. The average molecular weight is 359 g/mol. The van der Waals surface area contributed by atoms with Crippen molar-refractivity contribution in [3.05, 3.63) is 54.4 Å². The van der Waals surface area contributed by atoms with Crippen LogP contribution in [0.15, 0.2) is 57.9 Å². The SMILES string of the molecule is CCc1nc(-c2cccc(NS(=O)(=O)c3cccc(OC)c3)c2)no1. The van der Waals surface area contributed by atoms with Gasteiger partial charge < -0.3 is 9.26 Å². The van der Waals surface area contributed by atoms with E-state index in [1.54, 1.807) is 36.4 Å². The lowest BCUT2D eigenvalue weighted by Crippen LogP contribution is -2.13. The van der Waals surface area contributed by atoms with Crippen LogP contribution in [0.3, 0.4) is 0 Å². The molecule has 1 N–H and O–H groups in total. The van der Waals surface area contributed by atoms with E-state index in [1.165, 1.54) is 19.2 Å². The molecule has 0 bridgehead atoms. The molecule has 0 fully saturated rings. The van der Waals surface area contributed by atoms with Crippen LogP contribution in [-0.4, -0.2) is 25.7 Å². The second-order valence-corrected chi connectivity index (χ2v) is 6.91. The van der Waals surface area contributed by atoms with Crippen LogP contribution in [0.25, 0.3) is 11.4 Å². The fraction of sp³-hybridized carbons (Fsp3) is 0.176. The van der Waals surface area contributed by atoms with Crippen LogP contribution in [0.5, 0.6) is 5.75 Å². The number of ether oxygens (including phenoxy) is 1. The number of methoxy groups -OCH3 is 1. The van der Waals surface area contributed by atoms with Crippen molar-refractivity contribution in [2.45, 2.75) is 18.2 Å². The van der Waals surface area contributed by atoms with Crippen molar-refractivity contribution in [1.82, 2.24) is 10.1 Å². The number of rotatable bonds is 6. The highest BCUT2D eigenvalue weighted by Crippen LogP contribution is 2.24. The number of benzene rings is 2. The van der Waals surface area contributed by atoms with Crippen LogP contribution < -0.4 is 9.46 Å². The minimum Gasteiger partial charge on any atom is -0.497 e. The van der Waals surface area contributed by atoms with Crippen LogP contribution in [0.2, 0.25) is 0 Å². The number of aryl methyl sites for hydroxylation is 1. The lowest BCUT2D eigenvalue weighted by molar-refractivity contribution is 0.383. The van der Waals surface area contributed by atoms with Crippen LogP contribution in [0, 0.1) is 0 Å². The van der Waals surface area contributed by atoms with E-state index in [0.29, 0.717) is 35.1 Å². The number of sulfonamides is 1. The number of nitrogens with one attached hydrogen (secondary N) is 1. The maximum Gasteiger partial charge on any atom is 0.262 e. The summed E-state index contributed by atoms with van der Waals surface area (Å²) < 4.78 is 37.8. The van der Waals surface area contributed by atoms with E-state index >= 15 is 0 Å². The van der Waals surface area contributed by atoms with E-state index in [4.69, 9.17) is 9.26 Å². The van der Waals surface area contributed by atoms with Gasteiger partial charge in [-0.3, -0.25) is 4.72 Å². The smallest absolute Gasteiger partial charge is 0.262 e. The van der Waals surface area contributed by atoms with Crippen LogP contribution in [0.1, 0.15) is 12.8 Å². The molecule has 0 spiro atoms. The highest BCUT2D eigenvalue weighted by Gasteiger charge is 2.16. The molecule has 25 heavy (non-hydrogen) atoms. The van der Waals surface area contributed by atoms with Gasteiger partial charge in [0.05, 0.1) is 12.0 Å². The molecule has 0 saturated heterocycles. The summed E-state index contributed by atoms with van der Waals surface area (Å²) in [6.45, 7) is 1.91. The van der Waals surface area contributed by atoms with Gasteiger partial charge in [-0.15, -0.1) is 0 Å². The van der Waals surface area contributed by atoms with Crippen molar-refractivity contribution in [3.63, 3.8) is 0 Å². The number of hydrogen-bond acceptors (Lipinski definition) is 6. The molecule has 2 aromatic carbocycles. The minimum absolute atomic E-state index is 0.116. The Morgan fingerprint density at radius 2 is 1.96 bits per heavy atom. The monoisotopic (exact) mass is 359 g/mol. The Labute approximate surface area is 145 Å². The lowest BCUT2D eigenvalue weighted by Gasteiger charge is -2.09. The molecule has 0 unspecified atom stereocenters. The maximum atomic E-state index is 12.6. The molecular weight excluding hydrogens is 342 g/mol. The third-order valence-corrected chi connectivity index (χ3v) is 4.87. The summed E-state index contributed by atoms with van der Waals surface area (Å²) in [4.78, 5) is 4.36. The Morgan fingerprint density at radius 1 is 1.16 bits per heavy atom. The molecule has 7 nitrogen and oxygen atoms in total. The fourth-order valence-corrected chi connectivity index (χ4v) is 3.30. The molecule has 130 valence electrons. The Hall–Kier alpha value is -2.87. The first-order chi connectivity index (χ1) is 12.0. The van der Waals surface area contributed by atoms with E-state index in [2.05, 4.69) is 14.9 Å². The molecule has 0 amide bonds. The minimum atomic E-state index is -3.74. The maximum absolute atomic E-state index is 12.6. The molecule has 1 aromatic heterocycles. The topological polar surface area (TPSA) is 94.3 Å². The van der Waals surface area contributed by atoms with E-state index in [0.717, 1.165) is 0 Å². The van der Waals surface area contributed by atoms with Gasteiger partial charge in [-0.05, 0) is 24.3 Å². The lowest BCUT2D eigenvalue weighted by atomic mass is 10.2. The van der Waals surface area contributed by atoms with E-state index in [1.807, 2.05) is 6.92 Å². The first kappa shape index (κ1) is 17.0. The van der Waals surface area contributed by atoms with Crippen molar-refractivity contribution >= 4 is 15.7 Å². The van der Waals surface area contributed by atoms with Gasteiger partial charge in [0.2, 0.25) is 11.7 Å². The molecule has 0 atom stereocenters. The van der Waals surface area contributed by atoms with Gasteiger partial charge in [-0.1, -0.05) is 30.3 Å². The zero-order chi connectivity index (χ0) is 17.9. The molecule has 0 aliphatic carbocycles. The van der Waals surface area contributed by atoms with E-state index in [-0.39, 0.29) is 4.90 Å². The van der Waals surface area contributed by atoms with Gasteiger partial charge >= 0.3 is 0 Å². The predicted molar refractivity (Wildman–Crippen MR) is 92.9 cm³/mol. The molecule has 8 heteroatoms. The van der Waals surface area contributed by atoms with Gasteiger partial charge in [0.1, 0.15) is 5.75 Å². The molecule has 1 heterocycles. The zero-order valence-corrected chi connectivity index (χ0v) is 14.6. The highest BCUT2D eigenvalue weighted by molar-refractivity contribution is 7.92. The molecule has 0 aliphatic heterocycles. The molecule has 3 aromatic rings.